The van der Waals surface area contributed by atoms with Crippen LogP contribution in [0.25, 0.3) is 10.8 Å². The highest BCUT2D eigenvalue weighted by Gasteiger charge is 2.19. The van der Waals surface area contributed by atoms with E-state index in [9.17, 15) is 0 Å². The second-order valence-electron chi connectivity index (χ2n) is 5.91. The third-order valence-electron chi connectivity index (χ3n) is 4.55. The van der Waals surface area contributed by atoms with Crippen LogP contribution in [0, 0.1) is 0 Å². The number of rotatable bonds is 4. The van der Waals surface area contributed by atoms with Crippen molar-refractivity contribution in [1.29, 1.82) is 0 Å². The van der Waals surface area contributed by atoms with Gasteiger partial charge in [0.1, 0.15) is 12.4 Å². The van der Waals surface area contributed by atoms with E-state index in [1.165, 1.54) is 42.1 Å². The molecule has 0 bridgehead atoms. The number of likely N-dealkylation sites (N-methyl/N-ethyl adjacent to an activating group) is 1. The van der Waals surface area contributed by atoms with Gasteiger partial charge in [-0.2, -0.15) is 0 Å². The number of likely N-dealkylation sites (tertiary alicyclic amines) is 1. The summed E-state index contributed by atoms with van der Waals surface area (Å²) in [4.78, 5) is 2.42. The van der Waals surface area contributed by atoms with Crippen molar-refractivity contribution in [3.63, 3.8) is 0 Å². The molecule has 0 saturated carbocycles. The van der Waals surface area contributed by atoms with E-state index in [-0.39, 0.29) is 0 Å². The van der Waals surface area contributed by atoms with Gasteiger partial charge in [-0.25, -0.2) is 0 Å². The van der Waals surface area contributed by atoms with Gasteiger partial charge in [-0.3, -0.25) is 0 Å². The lowest BCUT2D eigenvalue weighted by atomic mass is 10.0. The molecule has 1 unspecified atom stereocenters. The lowest BCUT2D eigenvalue weighted by molar-refractivity contribution is 0.126. The molecule has 3 rings (SSSR count). The molecule has 112 valence electrons. The summed E-state index contributed by atoms with van der Waals surface area (Å²) in [7, 11) is 2.20. The first-order valence-corrected chi connectivity index (χ1v) is 7.83. The second kappa shape index (κ2) is 6.46. The number of piperidine rings is 1. The summed E-state index contributed by atoms with van der Waals surface area (Å²) in [6.07, 6.45) is 3.85. The van der Waals surface area contributed by atoms with Crippen LogP contribution in [0.2, 0.25) is 0 Å². The highest BCUT2D eigenvalue weighted by Crippen LogP contribution is 2.29. The summed E-state index contributed by atoms with van der Waals surface area (Å²) in [6, 6.07) is 13.0. The Balaban J connectivity index is 1.81. The zero-order chi connectivity index (χ0) is 14.7. The summed E-state index contributed by atoms with van der Waals surface area (Å²) < 4.78 is 6.15. The van der Waals surface area contributed by atoms with Gasteiger partial charge in [0.05, 0.1) is 0 Å². The number of hydrogen-bond acceptors (Lipinski definition) is 3. The van der Waals surface area contributed by atoms with E-state index in [0.29, 0.717) is 12.6 Å². The summed E-state index contributed by atoms with van der Waals surface area (Å²) in [6.45, 7) is 2.51. The molecule has 3 heteroatoms. The molecule has 0 radical (unpaired) electrons. The number of nitrogens with two attached hydrogens (primary N) is 1. The molecule has 1 aliphatic rings. The van der Waals surface area contributed by atoms with Crippen molar-refractivity contribution in [2.75, 3.05) is 20.2 Å². The molecule has 2 N–H and O–H groups in total. The van der Waals surface area contributed by atoms with Crippen molar-refractivity contribution >= 4 is 10.8 Å². The van der Waals surface area contributed by atoms with E-state index in [2.05, 4.69) is 48.3 Å². The largest absolute Gasteiger partial charge is 0.491 e. The molecule has 1 aliphatic heterocycles. The molecular weight excluding hydrogens is 260 g/mol. The van der Waals surface area contributed by atoms with Crippen molar-refractivity contribution in [3.05, 3.63) is 42.0 Å². The van der Waals surface area contributed by atoms with Gasteiger partial charge in [0.25, 0.3) is 0 Å². The minimum atomic E-state index is 0.534. The van der Waals surface area contributed by atoms with Gasteiger partial charge in [-0.05, 0) is 43.5 Å². The van der Waals surface area contributed by atoms with Crippen LogP contribution < -0.4 is 10.5 Å². The van der Waals surface area contributed by atoms with Crippen molar-refractivity contribution in [2.24, 2.45) is 5.73 Å². The summed E-state index contributed by atoms with van der Waals surface area (Å²) in [5.74, 6) is 0.974. The number of hydrogen-bond donors (Lipinski definition) is 1. The van der Waals surface area contributed by atoms with Gasteiger partial charge < -0.3 is 15.4 Å². The maximum absolute atomic E-state index is 6.15. The molecule has 0 aliphatic carbocycles. The minimum absolute atomic E-state index is 0.534. The predicted molar refractivity (Wildman–Crippen MR) is 87.6 cm³/mol. The molecule has 21 heavy (non-hydrogen) atoms. The lowest BCUT2D eigenvalue weighted by Gasteiger charge is -2.32. The van der Waals surface area contributed by atoms with Gasteiger partial charge in [0, 0.05) is 18.0 Å². The fourth-order valence-electron chi connectivity index (χ4n) is 3.18. The third kappa shape index (κ3) is 3.04. The normalized spacial score (nSPS) is 19.8. The fourth-order valence-corrected chi connectivity index (χ4v) is 3.18. The van der Waals surface area contributed by atoms with Crippen LogP contribution in [0.15, 0.2) is 36.4 Å². The van der Waals surface area contributed by atoms with Crippen LogP contribution in [-0.4, -0.2) is 31.1 Å². The Bertz CT molecular complexity index is 611. The van der Waals surface area contributed by atoms with Crippen LogP contribution in [0.3, 0.4) is 0 Å². The Kier molecular flexibility index (Phi) is 4.42. The quantitative estimate of drug-likeness (QED) is 0.937. The summed E-state index contributed by atoms with van der Waals surface area (Å²) in [5, 5.41) is 2.37. The van der Waals surface area contributed by atoms with E-state index in [1.807, 2.05) is 0 Å². The van der Waals surface area contributed by atoms with Crippen LogP contribution in [0.5, 0.6) is 5.75 Å². The first kappa shape index (κ1) is 14.4. The van der Waals surface area contributed by atoms with E-state index in [0.717, 1.165) is 12.4 Å². The molecular formula is C18H24N2O. The van der Waals surface area contributed by atoms with Crippen molar-refractivity contribution in [3.8, 4) is 5.75 Å². The lowest BCUT2D eigenvalue weighted by Crippen LogP contribution is -2.40. The SMILES string of the molecule is CN1CCCCC1COc1ccc(CN)c2ccccc12. The molecule has 1 fully saturated rings. The molecule has 0 aromatic heterocycles. The number of benzene rings is 2. The molecule has 1 saturated heterocycles. The Morgan fingerprint density at radius 2 is 1.95 bits per heavy atom. The Labute approximate surface area is 126 Å². The zero-order valence-corrected chi connectivity index (χ0v) is 12.7. The van der Waals surface area contributed by atoms with E-state index in [1.54, 1.807) is 0 Å². The minimum Gasteiger partial charge on any atom is -0.491 e. The first-order valence-electron chi connectivity index (χ1n) is 7.83. The number of nitrogens with zero attached hydrogens (tertiary/aromatic N) is 1. The second-order valence-corrected chi connectivity index (χ2v) is 5.91. The maximum atomic E-state index is 6.15. The van der Waals surface area contributed by atoms with Crippen molar-refractivity contribution in [1.82, 2.24) is 4.90 Å². The van der Waals surface area contributed by atoms with Gasteiger partial charge >= 0.3 is 0 Å². The average molecular weight is 284 g/mol. The smallest absolute Gasteiger partial charge is 0.127 e. The molecule has 2 aromatic carbocycles. The fraction of sp³-hybridized carbons (Fsp3) is 0.444. The number of fused-ring (bicyclic) bond motifs is 1. The predicted octanol–water partition coefficient (Wildman–Crippen LogP) is 3.16. The number of ether oxygens (including phenoxy) is 1. The van der Waals surface area contributed by atoms with Crippen LogP contribution >= 0.6 is 0 Å². The van der Waals surface area contributed by atoms with Gasteiger partial charge in [0.15, 0.2) is 0 Å². The van der Waals surface area contributed by atoms with Gasteiger partial charge in [0.2, 0.25) is 0 Å². The third-order valence-corrected chi connectivity index (χ3v) is 4.55. The Morgan fingerprint density at radius 3 is 2.71 bits per heavy atom. The monoisotopic (exact) mass is 284 g/mol. The van der Waals surface area contributed by atoms with Crippen LogP contribution in [0.1, 0.15) is 24.8 Å². The standard InChI is InChI=1S/C18H24N2O/c1-20-11-5-4-6-15(20)13-21-18-10-9-14(12-19)16-7-2-3-8-17(16)18/h2-3,7-10,15H,4-6,11-13,19H2,1H3. The molecule has 1 atom stereocenters. The molecule has 0 spiro atoms. The summed E-state index contributed by atoms with van der Waals surface area (Å²) in [5.41, 5.74) is 7.00. The van der Waals surface area contributed by atoms with Crippen molar-refractivity contribution in [2.45, 2.75) is 31.8 Å². The highest BCUT2D eigenvalue weighted by atomic mass is 16.5. The van der Waals surface area contributed by atoms with Crippen LogP contribution in [-0.2, 0) is 6.54 Å². The van der Waals surface area contributed by atoms with Gasteiger partial charge in [-0.1, -0.05) is 36.8 Å². The molecule has 3 nitrogen and oxygen atoms in total. The van der Waals surface area contributed by atoms with Gasteiger partial charge in [-0.15, -0.1) is 0 Å². The topological polar surface area (TPSA) is 38.5 Å². The van der Waals surface area contributed by atoms with Crippen LogP contribution in [0.4, 0.5) is 0 Å². The zero-order valence-electron chi connectivity index (χ0n) is 12.7. The van der Waals surface area contributed by atoms with E-state index < -0.39 is 0 Å². The summed E-state index contributed by atoms with van der Waals surface area (Å²) >= 11 is 0. The van der Waals surface area contributed by atoms with E-state index in [4.69, 9.17) is 10.5 Å². The first-order chi connectivity index (χ1) is 10.3. The Hall–Kier alpha value is -1.58. The average Bonchev–Trinajstić information content (AvgIpc) is 2.54. The maximum Gasteiger partial charge on any atom is 0.127 e. The molecule has 2 aromatic rings. The highest BCUT2D eigenvalue weighted by molar-refractivity contribution is 5.91. The molecule has 1 heterocycles. The molecule has 0 amide bonds. The van der Waals surface area contributed by atoms with E-state index >= 15 is 0 Å². The Morgan fingerprint density at radius 1 is 1.14 bits per heavy atom. The van der Waals surface area contributed by atoms with Crippen molar-refractivity contribution < 1.29 is 4.74 Å².